The normalized spacial score (nSPS) is 17.1. The van der Waals surface area contributed by atoms with Gasteiger partial charge in [0.15, 0.2) is 0 Å². The number of amides is 2. The molecule has 7 heteroatoms. The molecule has 6 nitrogen and oxygen atoms in total. The summed E-state index contributed by atoms with van der Waals surface area (Å²) in [4.78, 5) is 30.6. The Kier molecular flexibility index (Phi) is 4.86. The smallest absolute Gasteiger partial charge is 0.246 e. The van der Waals surface area contributed by atoms with Crippen molar-refractivity contribution in [3.63, 3.8) is 0 Å². The van der Waals surface area contributed by atoms with Crippen molar-refractivity contribution in [1.82, 2.24) is 19.8 Å². The number of carbonyl (C=O) groups excluding carboxylic acids is 2. The minimum atomic E-state index is -0.104. The van der Waals surface area contributed by atoms with Gasteiger partial charge in [-0.05, 0) is 48.7 Å². The summed E-state index contributed by atoms with van der Waals surface area (Å²) in [5, 5.41) is 4.94. The number of carbonyl (C=O) groups is 2. The molecule has 1 unspecified atom stereocenters. The minimum absolute atomic E-state index is 0.0280. The van der Waals surface area contributed by atoms with Crippen LogP contribution < -0.4 is 5.32 Å². The highest BCUT2D eigenvalue weighted by atomic mass is 35.5. The van der Waals surface area contributed by atoms with Gasteiger partial charge in [-0.1, -0.05) is 25.1 Å². The Hall–Kier alpha value is -3.12. The predicted molar refractivity (Wildman–Crippen MR) is 126 cm³/mol. The Morgan fingerprint density at radius 2 is 2.09 bits per heavy atom. The molecule has 0 radical (unpaired) electrons. The van der Waals surface area contributed by atoms with Crippen molar-refractivity contribution in [2.24, 2.45) is 0 Å². The van der Waals surface area contributed by atoms with Crippen LogP contribution in [0, 0.1) is 13.8 Å². The monoisotopic (exact) mass is 448 g/mol. The van der Waals surface area contributed by atoms with Crippen LogP contribution in [0.1, 0.15) is 35.2 Å². The number of hydrogen-bond donors (Lipinski definition) is 1. The molecule has 1 aliphatic heterocycles. The van der Waals surface area contributed by atoms with Crippen LogP contribution in [-0.2, 0) is 16.1 Å². The van der Waals surface area contributed by atoms with E-state index in [0.717, 1.165) is 43.9 Å². The maximum atomic E-state index is 12.9. The summed E-state index contributed by atoms with van der Waals surface area (Å²) in [5.41, 5.74) is 7.65. The number of nitrogens with zero attached hydrogens (tertiary/aromatic N) is 3. The second-order valence-electron chi connectivity index (χ2n) is 8.76. The maximum Gasteiger partial charge on any atom is 0.246 e. The first-order valence-corrected chi connectivity index (χ1v) is 11.2. The summed E-state index contributed by atoms with van der Waals surface area (Å²) in [7, 11) is 0. The summed E-state index contributed by atoms with van der Waals surface area (Å²) >= 11 is 6.75. The molecule has 2 amide bonds. The third-order valence-electron chi connectivity index (χ3n) is 6.83. The minimum Gasteiger partial charge on any atom is -0.348 e. The SMILES string of the molecule is C=CC(=O)N1CC(NC(=O)Cn2c(C)c3c4c(c(Cl)cc(C)c42)C(C)c2ccncc2-3)C1. The van der Waals surface area contributed by atoms with E-state index >= 15 is 0 Å². The number of aromatic nitrogens is 2. The van der Waals surface area contributed by atoms with Crippen LogP contribution in [0.3, 0.4) is 0 Å². The van der Waals surface area contributed by atoms with E-state index in [1.165, 1.54) is 11.6 Å². The fraction of sp³-hybridized carbons (Fsp3) is 0.320. The number of fused-ring (bicyclic) bond motifs is 2. The molecule has 3 heterocycles. The molecule has 3 aromatic rings. The molecule has 0 bridgehead atoms. The van der Waals surface area contributed by atoms with E-state index < -0.39 is 0 Å². The standard InChI is InChI=1S/C25H25ClN4O2/c1-5-21(32)29-10-16(11-29)28-20(31)12-30-15(4)23-18-9-27-7-6-17(18)14(3)22-19(26)8-13(2)25(30)24(22)23/h5-9,14,16H,1,10-12H2,2-4H3,(H,28,31). The van der Waals surface area contributed by atoms with Crippen molar-refractivity contribution < 1.29 is 9.59 Å². The van der Waals surface area contributed by atoms with Gasteiger partial charge in [0.1, 0.15) is 6.54 Å². The Morgan fingerprint density at radius 3 is 2.81 bits per heavy atom. The van der Waals surface area contributed by atoms with Crippen LogP contribution in [-0.4, -0.2) is 45.4 Å². The highest BCUT2D eigenvalue weighted by Gasteiger charge is 2.33. The fourth-order valence-corrected chi connectivity index (χ4v) is 5.68. The van der Waals surface area contributed by atoms with E-state index in [2.05, 4.69) is 41.4 Å². The molecule has 1 aliphatic carbocycles. The van der Waals surface area contributed by atoms with E-state index in [9.17, 15) is 9.59 Å². The van der Waals surface area contributed by atoms with Gasteiger partial charge in [-0.3, -0.25) is 14.6 Å². The first-order chi connectivity index (χ1) is 15.3. The molecule has 2 aromatic heterocycles. The highest BCUT2D eigenvalue weighted by Crippen LogP contribution is 2.50. The van der Waals surface area contributed by atoms with Crippen molar-refractivity contribution in [2.45, 2.75) is 39.3 Å². The Labute approximate surface area is 191 Å². The van der Waals surface area contributed by atoms with Crippen LogP contribution in [0.4, 0.5) is 0 Å². The third kappa shape index (κ3) is 2.97. The predicted octanol–water partition coefficient (Wildman–Crippen LogP) is 3.95. The maximum absolute atomic E-state index is 12.9. The summed E-state index contributed by atoms with van der Waals surface area (Å²) in [6.07, 6.45) is 5.03. The molecule has 1 fully saturated rings. The van der Waals surface area contributed by atoms with Crippen LogP contribution >= 0.6 is 11.6 Å². The lowest BCUT2D eigenvalue weighted by Crippen LogP contribution is -2.61. The fourth-order valence-electron chi connectivity index (χ4n) is 5.26. The number of rotatable bonds is 4. The Balaban J connectivity index is 1.54. The topological polar surface area (TPSA) is 67.2 Å². The number of pyridine rings is 1. The number of benzene rings is 1. The van der Waals surface area contributed by atoms with Gasteiger partial charge in [-0.25, -0.2) is 0 Å². The van der Waals surface area contributed by atoms with Crippen molar-refractivity contribution in [1.29, 1.82) is 0 Å². The first kappa shape index (κ1) is 20.8. The lowest BCUT2D eigenvalue weighted by atomic mass is 9.79. The lowest BCUT2D eigenvalue weighted by Gasteiger charge is -2.38. The van der Waals surface area contributed by atoms with Gasteiger partial charge < -0.3 is 14.8 Å². The quantitative estimate of drug-likeness (QED) is 0.614. The van der Waals surface area contributed by atoms with E-state index in [4.69, 9.17) is 11.6 Å². The van der Waals surface area contributed by atoms with Gasteiger partial charge in [-0.15, -0.1) is 0 Å². The first-order valence-electron chi connectivity index (χ1n) is 10.8. The molecule has 2 aliphatic rings. The zero-order valence-corrected chi connectivity index (χ0v) is 19.2. The second-order valence-corrected chi connectivity index (χ2v) is 9.16. The van der Waals surface area contributed by atoms with Gasteiger partial charge in [0, 0.05) is 58.6 Å². The molecule has 0 spiro atoms. The number of hydrogen-bond acceptors (Lipinski definition) is 3. The molecular formula is C25H25ClN4O2. The molecule has 32 heavy (non-hydrogen) atoms. The van der Waals surface area contributed by atoms with Crippen LogP contribution in [0.15, 0.2) is 37.2 Å². The lowest BCUT2D eigenvalue weighted by molar-refractivity contribution is -0.133. The number of likely N-dealkylation sites (tertiary alicyclic amines) is 1. The van der Waals surface area contributed by atoms with Crippen molar-refractivity contribution in [3.8, 4) is 11.1 Å². The Morgan fingerprint density at radius 1 is 1.34 bits per heavy atom. The number of nitrogens with one attached hydrogen (secondary N) is 1. The zero-order valence-electron chi connectivity index (χ0n) is 18.4. The molecule has 1 aromatic carbocycles. The number of aryl methyl sites for hydroxylation is 1. The summed E-state index contributed by atoms with van der Waals surface area (Å²) in [6, 6.07) is 4.03. The largest absolute Gasteiger partial charge is 0.348 e. The van der Waals surface area contributed by atoms with E-state index in [1.54, 1.807) is 4.90 Å². The average Bonchev–Trinajstić information content (AvgIpc) is 3.02. The summed E-state index contributed by atoms with van der Waals surface area (Å²) < 4.78 is 2.09. The zero-order chi connectivity index (χ0) is 22.7. The van der Waals surface area contributed by atoms with E-state index in [0.29, 0.717) is 13.1 Å². The molecule has 164 valence electrons. The highest BCUT2D eigenvalue weighted by molar-refractivity contribution is 6.33. The molecule has 1 N–H and O–H groups in total. The third-order valence-corrected chi connectivity index (χ3v) is 7.14. The molecule has 1 atom stereocenters. The van der Waals surface area contributed by atoms with Crippen molar-refractivity contribution >= 4 is 34.3 Å². The molecule has 5 rings (SSSR count). The molecule has 0 saturated carbocycles. The van der Waals surface area contributed by atoms with Crippen molar-refractivity contribution in [3.05, 3.63) is 64.6 Å². The van der Waals surface area contributed by atoms with Crippen LogP contribution in [0.25, 0.3) is 22.0 Å². The van der Waals surface area contributed by atoms with Gasteiger partial charge in [0.2, 0.25) is 11.8 Å². The number of halogens is 1. The molecular weight excluding hydrogens is 424 g/mol. The van der Waals surface area contributed by atoms with E-state index in [1.807, 2.05) is 25.4 Å². The van der Waals surface area contributed by atoms with Crippen LogP contribution in [0.2, 0.25) is 5.02 Å². The van der Waals surface area contributed by atoms with Gasteiger partial charge in [0.25, 0.3) is 0 Å². The Bertz CT molecular complexity index is 1300. The summed E-state index contributed by atoms with van der Waals surface area (Å²) in [5.74, 6) is -0.0300. The van der Waals surface area contributed by atoms with Gasteiger partial charge in [-0.2, -0.15) is 0 Å². The van der Waals surface area contributed by atoms with Gasteiger partial charge >= 0.3 is 0 Å². The summed E-state index contributed by atoms with van der Waals surface area (Å²) in [6.45, 7) is 11.0. The van der Waals surface area contributed by atoms with E-state index in [-0.39, 0.29) is 30.3 Å². The van der Waals surface area contributed by atoms with Crippen LogP contribution in [0.5, 0.6) is 0 Å². The average molecular weight is 449 g/mol. The molecule has 1 saturated heterocycles. The second kappa shape index (κ2) is 7.48. The van der Waals surface area contributed by atoms with Gasteiger partial charge in [0.05, 0.1) is 11.6 Å². The van der Waals surface area contributed by atoms with Crippen molar-refractivity contribution in [2.75, 3.05) is 13.1 Å².